The van der Waals surface area contributed by atoms with Gasteiger partial charge in [0.15, 0.2) is 0 Å². The predicted molar refractivity (Wildman–Crippen MR) is 91.4 cm³/mol. The SMILES string of the molecule is O=C(NN1C(=O)OCC1/C=C/c1ccccc1)c1ccc(Cl)cc1. The Labute approximate surface area is 144 Å². The second-order valence-corrected chi connectivity index (χ2v) is 5.67. The van der Waals surface area contributed by atoms with Crippen molar-refractivity contribution in [2.75, 3.05) is 6.61 Å². The van der Waals surface area contributed by atoms with Gasteiger partial charge in [-0.2, -0.15) is 0 Å². The van der Waals surface area contributed by atoms with Gasteiger partial charge in [0.2, 0.25) is 0 Å². The van der Waals surface area contributed by atoms with Crippen LogP contribution >= 0.6 is 11.6 Å². The maximum absolute atomic E-state index is 12.2. The molecule has 1 atom stereocenters. The molecule has 1 aliphatic rings. The molecular formula is C18H15ClN2O3. The van der Waals surface area contributed by atoms with Gasteiger partial charge in [0.05, 0.1) is 0 Å². The number of hydrogen-bond donors (Lipinski definition) is 1. The Morgan fingerprint density at radius 1 is 1.17 bits per heavy atom. The summed E-state index contributed by atoms with van der Waals surface area (Å²) in [7, 11) is 0. The monoisotopic (exact) mass is 342 g/mol. The third kappa shape index (κ3) is 3.75. The average molecular weight is 343 g/mol. The summed E-state index contributed by atoms with van der Waals surface area (Å²) in [6.45, 7) is 0.184. The summed E-state index contributed by atoms with van der Waals surface area (Å²) < 4.78 is 5.02. The molecule has 0 radical (unpaired) electrons. The van der Waals surface area contributed by atoms with E-state index in [1.54, 1.807) is 24.3 Å². The van der Waals surface area contributed by atoms with Crippen molar-refractivity contribution in [3.8, 4) is 0 Å². The summed E-state index contributed by atoms with van der Waals surface area (Å²) in [4.78, 5) is 24.1. The maximum Gasteiger partial charge on any atom is 0.429 e. The number of halogens is 1. The number of carbonyl (C=O) groups is 2. The lowest BCUT2D eigenvalue weighted by Gasteiger charge is -2.19. The van der Waals surface area contributed by atoms with Crippen molar-refractivity contribution in [2.45, 2.75) is 6.04 Å². The number of ether oxygens (including phenoxy) is 1. The fraction of sp³-hybridized carbons (Fsp3) is 0.111. The van der Waals surface area contributed by atoms with E-state index >= 15 is 0 Å². The number of amides is 2. The average Bonchev–Trinajstić information content (AvgIpc) is 2.94. The van der Waals surface area contributed by atoms with E-state index in [0.717, 1.165) is 5.56 Å². The van der Waals surface area contributed by atoms with E-state index in [2.05, 4.69) is 5.43 Å². The first-order valence-corrected chi connectivity index (χ1v) is 7.77. The third-order valence-electron chi connectivity index (χ3n) is 3.54. The van der Waals surface area contributed by atoms with Crippen LogP contribution in [-0.2, 0) is 4.74 Å². The molecule has 0 bridgehead atoms. The normalized spacial score (nSPS) is 17.1. The van der Waals surface area contributed by atoms with Crippen LogP contribution in [0.2, 0.25) is 5.02 Å². The smallest absolute Gasteiger partial charge is 0.429 e. The zero-order chi connectivity index (χ0) is 16.9. The molecule has 3 rings (SSSR count). The molecule has 24 heavy (non-hydrogen) atoms. The summed E-state index contributed by atoms with van der Waals surface area (Å²) in [5.74, 6) is -0.399. The van der Waals surface area contributed by atoms with Crippen LogP contribution in [0.1, 0.15) is 15.9 Å². The van der Waals surface area contributed by atoms with Gasteiger partial charge >= 0.3 is 6.09 Å². The molecular weight excluding hydrogens is 328 g/mol. The molecule has 0 spiro atoms. The minimum absolute atomic E-state index is 0.184. The molecule has 2 aromatic rings. The number of benzene rings is 2. The van der Waals surface area contributed by atoms with E-state index in [1.165, 1.54) is 5.01 Å². The highest BCUT2D eigenvalue weighted by Crippen LogP contribution is 2.15. The predicted octanol–water partition coefficient (Wildman–Crippen LogP) is 3.52. The first kappa shape index (κ1) is 16.1. The minimum Gasteiger partial charge on any atom is -0.446 e. The van der Waals surface area contributed by atoms with Gasteiger partial charge in [-0.3, -0.25) is 10.2 Å². The number of hydrazine groups is 1. The lowest BCUT2D eigenvalue weighted by molar-refractivity contribution is 0.0813. The highest BCUT2D eigenvalue weighted by molar-refractivity contribution is 6.30. The fourth-order valence-corrected chi connectivity index (χ4v) is 2.39. The van der Waals surface area contributed by atoms with Crippen LogP contribution in [0, 0.1) is 0 Å². The van der Waals surface area contributed by atoms with E-state index in [1.807, 2.05) is 42.5 Å². The quantitative estimate of drug-likeness (QED) is 0.924. The van der Waals surface area contributed by atoms with Gasteiger partial charge in [-0.25, -0.2) is 9.80 Å². The summed E-state index contributed by atoms with van der Waals surface area (Å²) in [6.07, 6.45) is 3.12. The highest BCUT2D eigenvalue weighted by atomic mass is 35.5. The molecule has 2 amide bonds. The van der Waals surface area contributed by atoms with Crippen molar-refractivity contribution >= 4 is 29.7 Å². The topological polar surface area (TPSA) is 58.6 Å². The van der Waals surface area contributed by atoms with Crippen LogP contribution in [0.5, 0.6) is 0 Å². The van der Waals surface area contributed by atoms with E-state index in [0.29, 0.717) is 10.6 Å². The van der Waals surface area contributed by atoms with Gasteiger partial charge in [0.1, 0.15) is 12.6 Å². The molecule has 2 aromatic carbocycles. The van der Waals surface area contributed by atoms with Crippen molar-refractivity contribution in [1.29, 1.82) is 0 Å². The molecule has 5 nitrogen and oxygen atoms in total. The Kier molecular flexibility index (Phi) is 4.82. The molecule has 0 aliphatic carbocycles. The van der Waals surface area contributed by atoms with E-state index < -0.39 is 12.0 Å². The number of cyclic esters (lactones) is 1. The minimum atomic E-state index is -0.583. The summed E-state index contributed by atoms with van der Waals surface area (Å²) in [5, 5.41) is 1.73. The molecule has 0 aromatic heterocycles. The van der Waals surface area contributed by atoms with Crippen LogP contribution in [0.25, 0.3) is 6.08 Å². The zero-order valence-electron chi connectivity index (χ0n) is 12.7. The number of rotatable bonds is 4. The van der Waals surface area contributed by atoms with Crippen LogP contribution in [0.15, 0.2) is 60.7 Å². The zero-order valence-corrected chi connectivity index (χ0v) is 13.4. The largest absolute Gasteiger partial charge is 0.446 e. The molecule has 1 fully saturated rings. The second-order valence-electron chi connectivity index (χ2n) is 5.23. The number of nitrogens with one attached hydrogen (secondary N) is 1. The third-order valence-corrected chi connectivity index (χ3v) is 3.80. The Hall–Kier alpha value is -2.79. The Bertz CT molecular complexity index is 760. The molecule has 0 saturated carbocycles. The molecule has 1 saturated heterocycles. The van der Waals surface area contributed by atoms with Gasteiger partial charge in [-0.15, -0.1) is 0 Å². The maximum atomic E-state index is 12.2. The van der Waals surface area contributed by atoms with Crippen molar-refractivity contribution in [2.24, 2.45) is 0 Å². The molecule has 1 N–H and O–H groups in total. The lowest BCUT2D eigenvalue weighted by atomic mass is 10.2. The fourth-order valence-electron chi connectivity index (χ4n) is 2.27. The molecule has 1 aliphatic heterocycles. The Balaban J connectivity index is 1.70. The summed E-state index contributed by atoms with van der Waals surface area (Å²) >= 11 is 5.81. The van der Waals surface area contributed by atoms with Gasteiger partial charge in [0, 0.05) is 10.6 Å². The summed E-state index contributed by atoms with van der Waals surface area (Å²) in [5.41, 5.74) is 3.98. The lowest BCUT2D eigenvalue weighted by Crippen LogP contribution is -2.47. The van der Waals surface area contributed by atoms with Gasteiger partial charge in [0.25, 0.3) is 5.91 Å². The number of carbonyl (C=O) groups excluding carboxylic acids is 2. The summed E-state index contributed by atoms with van der Waals surface area (Å²) in [6, 6.07) is 15.7. The Morgan fingerprint density at radius 2 is 1.88 bits per heavy atom. The van der Waals surface area contributed by atoms with Crippen molar-refractivity contribution in [3.05, 3.63) is 76.8 Å². The van der Waals surface area contributed by atoms with Crippen molar-refractivity contribution in [3.63, 3.8) is 0 Å². The highest BCUT2D eigenvalue weighted by Gasteiger charge is 2.32. The first-order chi connectivity index (χ1) is 11.6. The van der Waals surface area contributed by atoms with Crippen LogP contribution in [0.4, 0.5) is 4.79 Å². The molecule has 1 unspecified atom stereocenters. The first-order valence-electron chi connectivity index (χ1n) is 7.39. The van der Waals surface area contributed by atoms with Gasteiger partial charge in [-0.1, -0.05) is 54.1 Å². The van der Waals surface area contributed by atoms with Crippen molar-refractivity contribution in [1.82, 2.24) is 10.4 Å². The van der Waals surface area contributed by atoms with Crippen LogP contribution in [-0.4, -0.2) is 29.7 Å². The van der Waals surface area contributed by atoms with Crippen LogP contribution in [0.3, 0.4) is 0 Å². The number of nitrogens with zero attached hydrogens (tertiary/aromatic N) is 1. The molecule has 6 heteroatoms. The number of hydrogen-bond acceptors (Lipinski definition) is 3. The van der Waals surface area contributed by atoms with E-state index in [4.69, 9.17) is 16.3 Å². The second kappa shape index (κ2) is 7.19. The molecule has 122 valence electrons. The Morgan fingerprint density at radius 3 is 2.58 bits per heavy atom. The van der Waals surface area contributed by atoms with E-state index in [9.17, 15) is 9.59 Å². The van der Waals surface area contributed by atoms with Crippen LogP contribution < -0.4 is 5.43 Å². The van der Waals surface area contributed by atoms with Gasteiger partial charge < -0.3 is 4.74 Å². The van der Waals surface area contributed by atoms with Crippen molar-refractivity contribution < 1.29 is 14.3 Å². The standard InChI is InChI=1S/C18H15ClN2O3/c19-15-9-7-14(8-10-15)17(22)20-21-16(12-24-18(21)23)11-6-13-4-2-1-3-5-13/h1-11,16H,12H2,(H,20,22)/b11-6+. The van der Waals surface area contributed by atoms with Gasteiger partial charge in [-0.05, 0) is 29.8 Å². The van der Waals surface area contributed by atoms with E-state index in [-0.39, 0.29) is 12.6 Å². The molecule has 1 heterocycles.